The predicted octanol–water partition coefficient (Wildman–Crippen LogP) is 1.99. The zero-order chi connectivity index (χ0) is 16.0. The maximum atomic E-state index is 12.2. The number of methoxy groups -OCH3 is 1. The normalized spacial score (nSPS) is 27.2. The minimum Gasteiger partial charge on any atom is -0.480 e. The van der Waals surface area contributed by atoms with Crippen molar-refractivity contribution in [3.8, 4) is 0 Å². The Bertz CT molecular complexity index is 373. The fourth-order valence-corrected chi connectivity index (χ4v) is 2.91. The zero-order valence-electron chi connectivity index (χ0n) is 13.4. The van der Waals surface area contributed by atoms with E-state index in [4.69, 9.17) is 4.74 Å². The summed E-state index contributed by atoms with van der Waals surface area (Å²) in [5.74, 6) is -0.436. The van der Waals surface area contributed by atoms with Crippen molar-refractivity contribution in [2.45, 2.75) is 58.0 Å². The smallest absolute Gasteiger partial charge is 0.329 e. The van der Waals surface area contributed by atoms with E-state index in [-0.39, 0.29) is 12.0 Å². The summed E-state index contributed by atoms with van der Waals surface area (Å²) in [5, 5.41) is 15.1. The van der Waals surface area contributed by atoms with Gasteiger partial charge in [0.1, 0.15) is 5.54 Å². The van der Waals surface area contributed by atoms with Crippen molar-refractivity contribution in [3.63, 3.8) is 0 Å². The van der Waals surface area contributed by atoms with Crippen LogP contribution in [0.5, 0.6) is 0 Å². The van der Waals surface area contributed by atoms with Gasteiger partial charge in [-0.05, 0) is 24.7 Å². The van der Waals surface area contributed by atoms with E-state index in [2.05, 4.69) is 10.6 Å². The molecule has 0 radical (unpaired) electrons. The van der Waals surface area contributed by atoms with E-state index < -0.39 is 17.5 Å². The highest BCUT2D eigenvalue weighted by Crippen LogP contribution is 2.32. The Morgan fingerprint density at radius 1 is 1.43 bits per heavy atom. The minimum atomic E-state index is -1.14. The van der Waals surface area contributed by atoms with Gasteiger partial charge in [0.2, 0.25) is 0 Å². The molecule has 0 aromatic rings. The summed E-state index contributed by atoms with van der Waals surface area (Å²) in [5.41, 5.74) is -1.14. The third-order valence-corrected chi connectivity index (χ3v) is 4.23. The number of carboxylic acid groups (broad SMARTS) is 1. The molecule has 0 bridgehead atoms. The summed E-state index contributed by atoms with van der Waals surface area (Å²) < 4.78 is 5.09. The van der Waals surface area contributed by atoms with Gasteiger partial charge in [0, 0.05) is 7.11 Å². The number of urea groups is 1. The molecule has 1 rings (SSSR count). The van der Waals surface area contributed by atoms with Crippen molar-refractivity contribution >= 4 is 12.0 Å². The van der Waals surface area contributed by atoms with Crippen LogP contribution in [0.25, 0.3) is 0 Å². The molecule has 0 aliphatic heterocycles. The molecule has 3 N–H and O–H groups in total. The fraction of sp³-hybridized carbons (Fsp3) is 0.867. The topological polar surface area (TPSA) is 87.7 Å². The van der Waals surface area contributed by atoms with Crippen molar-refractivity contribution in [1.82, 2.24) is 10.6 Å². The lowest BCUT2D eigenvalue weighted by Gasteiger charge is -2.37. The maximum Gasteiger partial charge on any atom is 0.329 e. The standard InChI is InChI=1S/C15H28N2O4/c1-10(2)12(9-21-4)16-14(20)17-15(13(18)19)7-5-6-11(3)8-15/h10-12H,5-9H2,1-4H3,(H,18,19)(H2,16,17,20). The average Bonchev–Trinajstić information content (AvgIpc) is 2.37. The zero-order valence-corrected chi connectivity index (χ0v) is 13.4. The quantitative estimate of drug-likeness (QED) is 0.700. The first kappa shape index (κ1) is 17.8. The number of amides is 2. The molecular weight excluding hydrogens is 272 g/mol. The molecule has 1 fully saturated rings. The Balaban J connectivity index is 2.70. The molecule has 0 aromatic carbocycles. The van der Waals surface area contributed by atoms with Gasteiger partial charge in [-0.2, -0.15) is 0 Å². The van der Waals surface area contributed by atoms with E-state index in [0.29, 0.717) is 25.4 Å². The monoisotopic (exact) mass is 300 g/mol. The number of carbonyl (C=O) groups excluding carboxylic acids is 1. The summed E-state index contributed by atoms with van der Waals surface area (Å²) in [6.07, 6.45) is 2.79. The Kier molecular flexibility index (Phi) is 6.45. The number of carbonyl (C=O) groups is 2. The SMILES string of the molecule is COCC(NC(=O)NC1(C(=O)O)CCCC(C)C1)C(C)C. The number of nitrogens with one attached hydrogen (secondary N) is 2. The average molecular weight is 300 g/mol. The molecule has 3 atom stereocenters. The number of hydrogen-bond donors (Lipinski definition) is 3. The lowest BCUT2D eigenvalue weighted by molar-refractivity contribution is -0.146. The Morgan fingerprint density at radius 3 is 2.57 bits per heavy atom. The lowest BCUT2D eigenvalue weighted by Crippen LogP contribution is -2.60. The molecule has 3 unspecified atom stereocenters. The van der Waals surface area contributed by atoms with Crippen LogP contribution in [0.15, 0.2) is 0 Å². The van der Waals surface area contributed by atoms with Gasteiger partial charge in [0.05, 0.1) is 12.6 Å². The van der Waals surface area contributed by atoms with E-state index in [9.17, 15) is 14.7 Å². The van der Waals surface area contributed by atoms with Crippen LogP contribution < -0.4 is 10.6 Å². The van der Waals surface area contributed by atoms with E-state index in [1.54, 1.807) is 7.11 Å². The molecule has 0 saturated heterocycles. The van der Waals surface area contributed by atoms with E-state index >= 15 is 0 Å². The summed E-state index contributed by atoms with van der Waals surface area (Å²) >= 11 is 0. The molecule has 0 spiro atoms. The van der Waals surface area contributed by atoms with Crippen LogP contribution >= 0.6 is 0 Å². The predicted molar refractivity (Wildman–Crippen MR) is 80.2 cm³/mol. The van der Waals surface area contributed by atoms with Gasteiger partial charge < -0.3 is 20.5 Å². The van der Waals surface area contributed by atoms with Crippen molar-refractivity contribution in [1.29, 1.82) is 0 Å². The van der Waals surface area contributed by atoms with Gasteiger partial charge in [-0.3, -0.25) is 0 Å². The van der Waals surface area contributed by atoms with E-state index in [0.717, 1.165) is 12.8 Å². The second-order valence-electron chi connectivity index (χ2n) is 6.49. The second-order valence-corrected chi connectivity index (χ2v) is 6.49. The van der Waals surface area contributed by atoms with Crippen molar-refractivity contribution < 1.29 is 19.4 Å². The Hall–Kier alpha value is -1.30. The van der Waals surface area contributed by atoms with E-state index in [1.807, 2.05) is 20.8 Å². The second kappa shape index (κ2) is 7.64. The number of hydrogen-bond acceptors (Lipinski definition) is 3. The molecule has 1 saturated carbocycles. The molecule has 122 valence electrons. The molecule has 6 nitrogen and oxygen atoms in total. The summed E-state index contributed by atoms with van der Waals surface area (Å²) in [7, 11) is 1.58. The van der Waals surface area contributed by atoms with Crippen LogP contribution in [0.1, 0.15) is 46.5 Å². The highest BCUT2D eigenvalue weighted by Gasteiger charge is 2.43. The van der Waals surface area contributed by atoms with Gasteiger partial charge in [0.25, 0.3) is 0 Å². The van der Waals surface area contributed by atoms with Crippen molar-refractivity contribution in [3.05, 3.63) is 0 Å². The Labute approximate surface area is 126 Å². The van der Waals surface area contributed by atoms with Crippen LogP contribution in [0.4, 0.5) is 4.79 Å². The van der Waals surface area contributed by atoms with Gasteiger partial charge in [-0.15, -0.1) is 0 Å². The molecule has 0 aromatic heterocycles. The Morgan fingerprint density at radius 2 is 2.10 bits per heavy atom. The third kappa shape index (κ3) is 4.88. The largest absolute Gasteiger partial charge is 0.480 e. The van der Waals surface area contributed by atoms with Crippen molar-refractivity contribution in [2.75, 3.05) is 13.7 Å². The maximum absolute atomic E-state index is 12.2. The highest BCUT2D eigenvalue weighted by molar-refractivity contribution is 5.86. The first-order valence-electron chi connectivity index (χ1n) is 7.61. The fourth-order valence-electron chi connectivity index (χ4n) is 2.91. The van der Waals surface area contributed by atoms with Gasteiger partial charge in [-0.1, -0.05) is 33.6 Å². The first-order valence-corrected chi connectivity index (χ1v) is 7.61. The van der Waals surface area contributed by atoms with Crippen LogP contribution in [0, 0.1) is 11.8 Å². The van der Waals surface area contributed by atoms with Crippen LogP contribution in [-0.4, -0.2) is 42.4 Å². The molecule has 0 heterocycles. The van der Waals surface area contributed by atoms with Gasteiger partial charge >= 0.3 is 12.0 Å². The number of carboxylic acids is 1. The molecule has 2 amide bonds. The number of rotatable bonds is 6. The molecule has 21 heavy (non-hydrogen) atoms. The lowest BCUT2D eigenvalue weighted by atomic mass is 9.76. The van der Waals surface area contributed by atoms with Crippen LogP contribution in [0.2, 0.25) is 0 Å². The number of ether oxygens (including phenoxy) is 1. The van der Waals surface area contributed by atoms with Crippen LogP contribution in [-0.2, 0) is 9.53 Å². The third-order valence-electron chi connectivity index (χ3n) is 4.23. The molecular formula is C15H28N2O4. The molecule has 1 aliphatic rings. The molecule has 6 heteroatoms. The van der Waals surface area contributed by atoms with Crippen LogP contribution in [0.3, 0.4) is 0 Å². The number of aliphatic carboxylic acids is 1. The van der Waals surface area contributed by atoms with Gasteiger partial charge in [-0.25, -0.2) is 9.59 Å². The summed E-state index contributed by atoms with van der Waals surface area (Å²) in [6, 6.07) is -0.566. The van der Waals surface area contributed by atoms with Gasteiger partial charge in [0.15, 0.2) is 0 Å². The first-order chi connectivity index (χ1) is 9.80. The summed E-state index contributed by atoms with van der Waals surface area (Å²) in [4.78, 5) is 23.8. The van der Waals surface area contributed by atoms with E-state index in [1.165, 1.54) is 0 Å². The highest BCUT2D eigenvalue weighted by atomic mass is 16.5. The molecule has 1 aliphatic carbocycles. The van der Waals surface area contributed by atoms with Crippen molar-refractivity contribution in [2.24, 2.45) is 11.8 Å². The minimum absolute atomic E-state index is 0.137. The summed E-state index contributed by atoms with van der Waals surface area (Å²) in [6.45, 7) is 6.40.